The van der Waals surface area contributed by atoms with E-state index in [1.165, 1.54) is 17.2 Å². The van der Waals surface area contributed by atoms with Crippen LogP contribution in [0.2, 0.25) is 0 Å². The molecule has 2 aromatic heterocycles. The van der Waals surface area contributed by atoms with Crippen molar-refractivity contribution in [3.05, 3.63) is 52.1 Å². The van der Waals surface area contributed by atoms with Crippen molar-refractivity contribution in [2.45, 2.75) is 19.9 Å². The van der Waals surface area contributed by atoms with Gasteiger partial charge in [0, 0.05) is 15.8 Å². The Hall–Kier alpha value is -2.34. The van der Waals surface area contributed by atoms with E-state index >= 15 is 0 Å². The molecule has 0 unspecified atom stereocenters. The summed E-state index contributed by atoms with van der Waals surface area (Å²) in [6.45, 7) is 3.46. The summed E-state index contributed by atoms with van der Waals surface area (Å²) in [7, 11) is 0. The number of carbonyl (C=O) groups is 2. The van der Waals surface area contributed by atoms with Gasteiger partial charge in [0.15, 0.2) is 6.61 Å². The first-order valence-corrected chi connectivity index (χ1v) is 7.60. The minimum Gasteiger partial charge on any atom is -0.467 e. The predicted octanol–water partition coefficient (Wildman–Crippen LogP) is 3.08. The van der Waals surface area contributed by atoms with Gasteiger partial charge in [-0.05, 0) is 44.2 Å². The molecule has 0 bridgehead atoms. The zero-order chi connectivity index (χ0) is 15.9. The molecule has 0 spiro atoms. The molecule has 0 saturated carbocycles. The fraction of sp³-hybridized carbons (Fsp3) is 0.250. The average molecular weight is 319 g/mol. The second-order valence-corrected chi connectivity index (χ2v) is 6.01. The van der Waals surface area contributed by atoms with E-state index in [1.807, 2.05) is 19.1 Å². The molecule has 0 aromatic carbocycles. The van der Waals surface area contributed by atoms with Crippen LogP contribution in [-0.4, -0.2) is 18.5 Å². The lowest BCUT2D eigenvalue weighted by molar-refractivity contribution is -0.144. The highest BCUT2D eigenvalue weighted by atomic mass is 32.1. The monoisotopic (exact) mass is 319 g/mol. The van der Waals surface area contributed by atoms with E-state index in [0.29, 0.717) is 5.76 Å². The summed E-state index contributed by atoms with van der Waals surface area (Å²) in [6.07, 6.45) is 4.52. The van der Waals surface area contributed by atoms with Crippen LogP contribution in [0.25, 0.3) is 6.08 Å². The van der Waals surface area contributed by atoms with Crippen molar-refractivity contribution in [2.24, 2.45) is 0 Å². The minimum absolute atomic E-state index is 0.272. The smallest absolute Gasteiger partial charge is 0.331 e. The molecule has 2 heterocycles. The molecule has 0 fully saturated rings. The molecule has 0 aliphatic rings. The number of hydrogen-bond donors (Lipinski definition) is 1. The Kier molecular flexibility index (Phi) is 5.55. The summed E-state index contributed by atoms with van der Waals surface area (Å²) < 4.78 is 10.1. The average Bonchev–Trinajstić information content (AvgIpc) is 3.14. The van der Waals surface area contributed by atoms with Gasteiger partial charge < -0.3 is 14.5 Å². The number of esters is 1. The number of thiophene rings is 1. The molecule has 5 nitrogen and oxygen atoms in total. The molecule has 1 atom stereocenters. The normalized spacial score (nSPS) is 12.3. The minimum atomic E-state index is -0.549. The van der Waals surface area contributed by atoms with Gasteiger partial charge in [-0.25, -0.2) is 4.79 Å². The zero-order valence-electron chi connectivity index (χ0n) is 12.4. The quantitative estimate of drug-likeness (QED) is 0.656. The first-order valence-electron chi connectivity index (χ1n) is 6.78. The summed E-state index contributed by atoms with van der Waals surface area (Å²) in [5, 5.41) is 2.68. The van der Waals surface area contributed by atoms with E-state index in [2.05, 4.69) is 5.32 Å². The van der Waals surface area contributed by atoms with Crippen molar-refractivity contribution in [3.8, 4) is 0 Å². The van der Waals surface area contributed by atoms with Crippen molar-refractivity contribution in [1.29, 1.82) is 0 Å². The van der Waals surface area contributed by atoms with Crippen molar-refractivity contribution in [1.82, 2.24) is 5.32 Å². The lowest BCUT2D eigenvalue weighted by Gasteiger charge is -2.10. The fourth-order valence-corrected chi connectivity index (χ4v) is 2.55. The molecule has 2 aromatic rings. The van der Waals surface area contributed by atoms with E-state index < -0.39 is 5.97 Å². The Morgan fingerprint density at radius 2 is 2.23 bits per heavy atom. The van der Waals surface area contributed by atoms with Crippen molar-refractivity contribution in [2.75, 3.05) is 6.61 Å². The third-order valence-electron chi connectivity index (χ3n) is 2.84. The maximum Gasteiger partial charge on any atom is 0.331 e. The van der Waals surface area contributed by atoms with Crippen LogP contribution in [0.4, 0.5) is 0 Å². The van der Waals surface area contributed by atoms with Gasteiger partial charge in [0.05, 0.1) is 12.3 Å². The third kappa shape index (κ3) is 4.89. The van der Waals surface area contributed by atoms with Gasteiger partial charge in [0.2, 0.25) is 0 Å². The molecule has 0 aliphatic carbocycles. The van der Waals surface area contributed by atoms with Crippen LogP contribution in [0.15, 0.2) is 41.0 Å². The summed E-state index contributed by atoms with van der Waals surface area (Å²) >= 11 is 1.58. The molecule has 22 heavy (non-hydrogen) atoms. The Bertz CT molecular complexity index is 658. The van der Waals surface area contributed by atoms with E-state index in [4.69, 9.17) is 9.15 Å². The van der Waals surface area contributed by atoms with Gasteiger partial charge >= 0.3 is 5.97 Å². The van der Waals surface area contributed by atoms with E-state index in [-0.39, 0.29) is 18.6 Å². The van der Waals surface area contributed by atoms with Crippen LogP contribution < -0.4 is 5.32 Å². The summed E-state index contributed by atoms with van der Waals surface area (Å²) in [4.78, 5) is 25.3. The number of aryl methyl sites for hydroxylation is 1. The highest BCUT2D eigenvalue weighted by molar-refractivity contribution is 7.12. The molecule has 6 heteroatoms. The Balaban J connectivity index is 1.73. The Morgan fingerprint density at radius 1 is 1.41 bits per heavy atom. The van der Waals surface area contributed by atoms with Crippen LogP contribution in [-0.2, 0) is 14.3 Å². The van der Waals surface area contributed by atoms with Crippen LogP contribution in [0.5, 0.6) is 0 Å². The zero-order valence-corrected chi connectivity index (χ0v) is 13.2. The molecule has 0 radical (unpaired) electrons. The van der Waals surface area contributed by atoms with E-state index in [9.17, 15) is 9.59 Å². The Labute approximate surface area is 132 Å². The third-order valence-corrected chi connectivity index (χ3v) is 3.80. The predicted molar refractivity (Wildman–Crippen MR) is 84.3 cm³/mol. The molecular weight excluding hydrogens is 302 g/mol. The van der Waals surface area contributed by atoms with Crippen molar-refractivity contribution in [3.63, 3.8) is 0 Å². The lowest BCUT2D eigenvalue weighted by atomic mass is 10.2. The SMILES string of the molecule is Cc1ccc(/C=C/C(=O)OCC(=O)N[C@@H](C)c2ccco2)s1. The number of ether oxygens (including phenoxy) is 1. The van der Waals surface area contributed by atoms with Gasteiger partial charge in [-0.15, -0.1) is 11.3 Å². The number of carbonyl (C=O) groups excluding carboxylic acids is 2. The number of nitrogens with one attached hydrogen (secondary N) is 1. The standard InChI is InChI=1S/C16H17NO4S/c1-11-5-6-13(22-11)7-8-16(19)21-10-15(18)17-12(2)14-4-3-9-20-14/h3-9,12H,10H2,1-2H3,(H,17,18)/b8-7+/t12-/m0/s1. The molecular formula is C16H17NO4S. The first-order chi connectivity index (χ1) is 10.5. The lowest BCUT2D eigenvalue weighted by Crippen LogP contribution is -2.30. The van der Waals surface area contributed by atoms with Gasteiger partial charge in [-0.2, -0.15) is 0 Å². The first kappa shape index (κ1) is 16.0. The van der Waals surface area contributed by atoms with E-state index in [0.717, 1.165) is 4.88 Å². The molecule has 116 valence electrons. The largest absolute Gasteiger partial charge is 0.467 e. The molecule has 2 rings (SSSR count). The van der Waals surface area contributed by atoms with E-state index in [1.54, 1.807) is 36.5 Å². The second-order valence-electron chi connectivity index (χ2n) is 4.69. The number of rotatable bonds is 6. The van der Waals surface area contributed by atoms with Gasteiger partial charge in [0.1, 0.15) is 5.76 Å². The van der Waals surface area contributed by atoms with Gasteiger partial charge in [-0.3, -0.25) is 4.79 Å². The maximum absolute atomic E-state index is 11.7. The molecule has 1 N–H and O–H groups in total. The summed E-state index contributed by atoms with van der Waals surface area (Å²) in [5.41, 5.74) is 0. The fourth-order valence-electron chi connectivity index (χ4n) is 1.77. The van der Waals surface area contributed by atoms with Crippen LogP contribution in [0.3, 0.4) is 0 Å². The molecule has 1 amide bonds. The maximum atomic E-state index is 11.7. The van der Waals surface area contributed by atoms with Crippen LogP contribution >= 0.6 is 11.3 Å². The number of amides is 1. The Morgan fingerprint density at radius 3 is 2.86 bits per heavy atom. The number of hydrogen-bond acceptors (Lipinski definition) is 5. The highest BCUT2D eigenvalue weighted by Crippen LogP contribution is 2.16. The van der Waals surface area contributed by atoms with Gasteiger partial charge in [0.25, 0.3) is 5.91 Å². The summed E-state index contributed by atoms with van der Waals surface area (Å²) in [6, 6.07) is 7.13. The van der Waals surface area contributed by atoms with Crippen LogP contribution in [0.1, 0.15) is 28.5 Å². The molecule has 0 aliphatic heterocycles. The summed E-state index contributed by atoms with van der Waals surface area (Å²) in [5.74, 6) is -0.280. The topological polar surface area (TPSA) is 68.5 Å². The molecule has 0 saturated heterocycles. The van der Waals surface area contributed by atoms with Crippen LogP contribution in [0, 0.1) is 6.92 Å². The van der Waals surface area contributed by atoms with Gasteiger partial charge in [-0.1, -0.05) is 0 Å². The number of furan rings is 1. The second kappa shape index (κ2) is 7.61. The van der Waals surface area contributed by atoms with Crippen molar-refractivity contribution < 1.29 is 18.7 Å². The highest BCUT2D eigenvalue weighted by Gasteiger charge is 2.12. The van der Waals surface area contributed by atoms with Crippen molar-refractivity contribution >= 4 is 29.3 Å².